The zero-order valence-corrected chi connectivity index (χ0v) is 10.7. The lowest BCUT2D eigenvalue weighted by molar-refractivity contribution is -0.163. The van der Waals surface area contributed by atoms with E-state index in [1.165, 1.54) is 7.11 Å². The Morgan fingerprint density at radius 2 is 1.94 bits per heavy atom. The molecule has 2 aliphatic carbocycles. The van der Waals surface area contributed by atoms with Gasteiger partial charge in [-0.3, -0.25) is 9.59 Å². The van der Waals surface area contributed by atoms with Gasteiger partial charge in [0.25, 0.3) is 0 Å². The molecular weight excluding hydrogens is 220 g/mol. The third-order valence-corrected chi connectivity index (χ3v) is 5.19. The minimum absolute atomic E-state index is 0.136. The number of aliphatic hydroxyl groups is 1. The van der Waals surface area contributed by atoms with Crippen LogP contribution in [-0.2, 0) is 14.3 Å². The lowest BCUT2D eigenvalue weighted by Crippen LogP contribution is -2.54. The number of hydrogen-bond acceptors (Lipinski definition) is 4. The maximum absolute atomic E-state index is 12.5. The van der Waals surface area contributed by atoms with Gasteiger partial charge in [0.15, 0.2) is 5.78 Å². The van der Waals surface area contributed by atoms with Gasteiger partial charge in [-0.25, -0.2) is 0 Å². The number of ether oxygens (including phenoxy) is 1. The second-order valence-electron chi connectivity index (χ2n) is 5.80. The van der Waals surface area contributed by atoms with Gasteiger partial charge in [0.05, 0.1) is 18.6 Å². The van der Waals surface area contributed by atoms with E-state index in [1.807, 2.05) is 6.92 Å². The van der Waals surface area contributed by atoms with Crippen molar-refractivity contribution in [1.82, 2.24) is 0 Å². The van der Waals surface area contributed by atoms with Crippen LogP contribution >= 0.6 is 0 Å². The Labute approximate surface area is 101 Å². The van der Waals surface area contributed by atoms with Crippen molar-refractivity contribution in [1.29, 1.82) is 0 Å². The average molecular weight is 240 g/mol. The number of carbonyl (C=O) groups is 2. The van der Waals surface area contributed by atoms with Gasteiger partial charge in [-0.1, -0.05) is 6.92 Å². The van der Waals surface area contributed by atoms with Crippen molar-refractivity contribution < 1.29 is 19.4 Å². The fraction of sp³-hybridized carbons (Fsp3) is 0.846. The van der Waals surface area contributed by atoms with Crippen LogP contribution in [0.5, 0.6) is 0 Å². The third-order valence-electron chi connectivity index (χ3n) is 5.19. The van der Waals surface area contributed by atoms with Gasteiger partial charge in [0.1, 0.15) is 5.92 Å². The highest BCUT2D eigenvalue weighted by molar-refractivity contribution is 6.03. The van der Waals surface area contributed by atoms with Crippen molar-refractivity contribution in [3.8, 4) is 0 Å². The summed E-state index contributed by atoms with van der Waals surface area (Å²) in [5.74, 6) is -1.29. The Morgan fingerprint density at radius 1 is 1.35 bits per heavy atom. The van der Waals surface area contributed by atoms with Gasteiger partial charge < -0.3 is 9.84 Å². The minimum atomic E-state index is -0.788. The summed E-state index contributed by atoms with van der Waals surface area (Å²) in [5, 5.41) is 10.1. The number of ketones is 1. The van der Waals surface area contributed by atoms with Crippen LogP contribution in [0.3, 0.4) is 0 Å². The minimum Gasteiger partial charge on any atom is -0.468 e. The van der Waals surface area contributed by atoms with Crippen molar-refractivity contribution in [3.05, 3.63) is 0 Å². The van der Waals surface area contributed by atoms with Gasteiger partial charge in [0.2, 0.25) is 0 Å². The molecule has 1 N–H and O–H groups in total. The molecule has 0 aromatic heterocycles. The van der Waals surface area contributed by atoms with E-state index in [0.717, 1.165) is 12.8 Å². The topological polar surface area (TPSA) is 63.6 Å². The molecule has 2 fully saturated rings. The Morgan fingerprint density at radius 3 is 2.53 bits per heavy atom. The standard InChI is InChI=1S/C13H20O4/c1-12-6-4-8(11(16)17-3)10(15)13(12,2)9(14)5-7-12/h8-9,14H,4-7H2,1-3H3/t8-,9+,12-,13?/m1/s1. The smallest absolute Gasteiger partial charge is 0.316 e. The molecule has 4 nitrogen and oxygen atoms in total. The van der Waals surface area contributed by atoms with Crippen molar-refractivity contribution in [3.63, 3.8) is 0 Å². The largest absolute Gasteiger partial charge is 0.468 e. The van der Waals surface area contributed by atoms with E-state index in [0.29, 0.717) is 12.8 Å². The summed E-state index contributed by atoms with van der Waals surface area (Å²) in [6.07, 6.45) is 2.21. The monoisotopic (exact) mass is 240 g/mol. The van der Waals surface area contributed by atoms with E-state index in [9.17, 15) is 14.7 Å². The van der Waals surface area contributed by atoms with Crippen LogP contribution < -0.4 is 0 Å². The van der Waals surface area contributed by atoms with Crippen LogP contribution in [0, 0.1) is 16.7 Å². The fourth-order valence-corrected chi connectivity index (χ4v) is 3.58. The van der Waals surface area contributed by atoms with E-state index < -0.39 is 23.4 Å². The predicted molar refractivity (Wildman–Crippen MR) is 61.2 cm³/mol. The molecule has 0 aromatic rings. The Kier molecular flexibility index (Phi) is 2.81. The summed E-state index contributed by atoms with van der Waals surface area (Å²) in [6, 6.07) is 0. The van der Waals surface area contributed by atoms with Gasteiger partial charge in [0, 0.05) is 0 Å². The van der Waals surface area contributed by atoms with Gasteiger partial charge in [-0.15, -0.1) is 0 Å². The summed E-state index contributed by atoms with van der Waals surface area (Å²) >= 11 is 0. The van der Waals surface area contributed by atoms with Crippen LogP contribution in [0.2, 0.25) is 0 Å². The quantitative estimate of drug-likeness (QED) is 0.554. The number of methoxy groups -OCH3 is 1. The lowest BCUT2D eigenvalue weighted by atomic mass is 9.56. The maximum Gasteiger partial charge on any atom is 0.316 e. The van der Waals surface area contributed by atoms with E-state index in [4.69, 9.17) is 0 Å². The van der Waals surface area contributed by atoms with Crippen LogP contribution in [0.1, 0.15) is 39.5 Å². The number of esters is 1. The number of carbonyl (C=O) groups excluding carboxylic acids is 2. The molecule has 4 atom stereocenters. The number of rotatable bonds is 1. The highest BCUT2D eigenvalue weighted by Gasteiger charge is 2.63. The maximum atomic E-state index is 12.5. The molecule has 2 saturated carbocycles. The SMILES string of the molecule is COC(=O)[C@@H]1CC[C@]2(C)CC[C@H](O)C2(C)C1=O. The Balaban J connectivity index is 2.36. The second kappa shape index (κ2) is 3.80. The molecule has 2 aliphatic rings. The molecule has 0 aromatic carbocycles. The molecule has 0 aliphatic heterocycles. The second-order valence-corrected chi connectivity index (χ2v) is 5.80. The molecule has 0 radical (unpaired) electrons. The summed E-state index contributed by atoms with van der Waals surface area (Å²) in [4.78, 5) is 24.1. The van der Waals surface area contributed by atoms with Crippen LogP contribution in [-0.4, -0.2) is 30.1 Å². The third kappa shape index (κ3) is 1.46. The first-order chi connectivity index (χ1) is 7.87. The molecule has 2 rings (SSSR count). The highest BCUT2D eigenvalue weighted by atomic mass is 16.5. The molecule has 17 heavy (non-hydrogen) atoms. The van der Waals surface area contributed by atoms with Crippen LogP contribution in [0.15, 0.2) is 0 Å². The van der Waals surface area contributed by atoms with Gasteiger partial charge >= 0.3 is 5.97 Å². The van der Waals surface area contributed by atoms with E-state index in [2.05, 4.69) is 11.7 Å². The normalized spacial score (nSPS) is 45.5. The summed E-state index contributed by atoms with van der Waals surface area (Å²) in [6.45, 7) is 3.86. The highest BCUT2D eigenvalue weighted by Crippen LogP contribution is 2.59. The first-order valence-electron chi connectivity index (χ1n) is 6.17. The van der Waals surface area contributed by atoms with Crippen LogP contribution in [0.25, 0.3) is 0 Å². The molecule has 0 bridgehead atoms. The van der Waals surface area contributed by atoms with Crippen molar-refractivity contribution in [2.45, 2.75) is 45.6 Å². The molecule has 4 heteroatoms. The Bertz CT molecular complexity index is 364. The summed E-state index contributed by atoms with van der Waals surface area (Å²) in [7, 11) is 1.30. The van der Waals surface area contributed by atoms with Crippen molar-refractivity contribution in [2.24, 2.45) is 16.7 Å². The first kappa shape index (κ1) is 12.6. The number of hydrogen-bond donors (Lipinski definition) is 1. The molecule has 96 valence electrons. The van der Waals surface area contributed by atoms with Crippen molar-refractivity contribution in [2.75, 3.05) is 7.11 Å². The van der Waals surface area contributed by atoms with Crippen molar-refractivity contribution >= 4 is 11.8 Å². The zero-order valence-electron chi connectivity index (χ0n) is 10.7. The van der Waals surface area contributed by atoms with E-state index in [1.54, 1.807) is 0 Å². The zero-order chi connectivity index (χ0) is 12.8. The molecular formula is C13H20O4. The molecule has 0 amide bonds. The molecule has 0 saturated heterocycles. The molecule has 0 spiro atoms. The predicted octanol–water partition coefficient (Wildman–Crippen LogP) is 1.31. The number of Topliss-reactive ketones (excluding diaryl/α,β-unsaturated/α-hetero) is 1. The summed E-state index contributed by atoms with van der Waals surface area (Å²) in [5.41, 5.74) is -0.960. The molecule has 0 heterocycles. The fourth-order valence-electron chi connectivity index (χ4n) is 3.58. The molecule has 1 unspecified atom stereocenters. The number of aliphatic hydroxyl groups excluding tert-OH is 1. The number of fused-ring (bicyclic) bond motifs is 1. The van der Waals surface area contributed by atoms with E-state index in [-0.39, 0.29) is 11.2 Å². The van der Waals surface area contributed by atoms with Gasteiger partial charge in [-0.2, -0.15) is 0 Å². The van der Waals surface area contributed by atoms with Crippen LogP contribution in [0.4, 0.5) is 0 Å². The Hall–Kier alpha value is -0.900. The first-order valence-corrected chi connectivity index (χ1v) is 6.17. The van der Waals surface area contributed by atoms with E-state index >= 15 is 0 Å². The summed E-state index contributed by atoms with van der Waals surface area (Å²) < 4.78 is 4.68. The average Bonchev–Trinajstić information content (AvgIpc) is 2.55. The lowest BCUT2D eigenvalue weighted by Gasteiger charge is -2.47. The van der Waals surface area contributed by atoms with Gasteiger partial charge in [-0.05, 0) is 38.0 Å².